The van der Waals surface area contributed by atoms with Gasteiger partial charge in [0, 0.05) is 12.1 Å². The lowest BCUT2D eigenvalue weighted by atomic mass is 10.2. The molecule has 0 spiro atoms. The fourth-order valence-electron chi connectivity index (χ4n) is 1.30. The van der Waals surface area contributed by atoms with Crippen LogP contribution in [0.1, 0.15) is 0 Å². The molecule has 16 heavy (non-hydrogen) atoms. The van der Waals surface area contributed by atoms with Gasteiger partial charge >= 0.3 is 0 Å². The van der Waals surface area contributed by atoms with Gasteiger partial charge in [-0.25, -0.2) is 4.98 Å². The summed E-state index contributed by atoms with van der Waals surface area (Å²) in [6.45, 7) is 0. The highest BCUT2D eigenvalue weighted by atomic mass is 79.9. The minimum absolute atomic E-state index is 0.115. The standard InChI is InChI=1S/C11H8BrNO3/c1-15-10-6-13-11(12)5-8(10)9-4-7(14)2-3-16-9/h2-6H,1H3. The molecular formula is C11H8BrNO3. The van der Waals surface area contributed by atoms with Gasteiger partial charge in [-0.3, -0.25) is 4.79 Å². The fourth-order valence-corrected chi connectivity index (χ4v) is 1.63. The summed E-state index contributed by atoms with van der Waals surface area (Å²) >= 11 is 3.25. The second-order valence-electron chi connectivity index (χ2n) is 3.04. The van der Waals surface area contributed by atoms with Crippen molar-refractivity contribution in [3.63, 3.8) is 0 Å². The first-order chi connectivity index (χ1) is 7.70. The van der Waals surface area contributed by atoms with Crippen molar-refractivity contribution in [1.29, 1.82) is 0 Å². The van der Waals surface area contributed by atoms with E-state index in [-0.39, 0.29) is 5.43 Å². The summed E-state index contributed by atoms with van der Waals surface area (Å²) in [5, 5.41) is 0. The number of rotatable bonds is 2. The lowest BCUT2D eigenvalue weighted by Crippen LogP contribution is -1.97. The molecule has 82 valence electrons. The van der Waals surface area contributed by atoms with E-state index in [1.807, 2.05) is 0 Å². The normalized spacial score (nSPS) is 10.1. The Morgan fingerprint density at radius 2 is 2.25 bits per heavy atom. The van der Waals surface area contributed by atoms with E-state index in [1.54, 1.807) is 12.3 Å². The maximum absolute atomic E-state index is 11.2. The molecule has 0 saturated carbocycles. The number of aromatic nitrogens is 1. The molecule has 5 heteroatoms. The highest BCUT2D eigenvalue weighted by molar-refractivity contribution is 9.10. The van der Waals surface area contributed by atoms with Gasteiger partial charge in [0.25, 0.3) is 0 Å². The molecule has 4 nitrogen and oxygen atoms in total. The van der Waals surface area contributed by atoms with Crippen LogP contribution in [0.5, 0.6) is 5.75 Å². The molecule has 0 N–H and O–H groups in total. The monoisotopic (exact) mass is 281 g/mol. The highest BCUT2D eigenvalue weighted by Crippen LogP contribution is 2.30. The molecule has 2 heterocycles. The quantitative estimate of drug-likeness (QED) is 0.794. The van der Waals surface area contributed by atoms with E-state index < -0.39 is 0 Å². The van der Waals surface area contributed by atoms with Gasteiger partial charge in [0.2, 0.25) is 0 Å². The third kappa shape index (κ3) is 2.14. The molecule has 0 aliphatic heterocycles. The lowest BCUT2D eigenvalue weighted by molar-refractivity contribution is 0.412. The van der Waals surface area contributed by atoms with Crippen LogP contribution < -0.4 is 10.2 Å². The number of nitrogens with zero attached hydrogens (tertiary/aromatic N) is 1. The molecule has 0 amide bonds. The molecule has 0 aromatic carbocycles. The van der Waals surface area contributed by atoms with Crippen molar-refractivity contribution in [2.24, 2.45) is 0 Å². The Labute approximate surface area is 100 Å². The van der Waals surface area contributed by atoms with Crippen molar-refractivity contribution >= 4 is 15.9 Å². The van der Waals surface area contributed by atoms with Crippen molar-refractivity contribution in [1.82, 2.24) is 4.98 Å². The average Bonchev–Trinajstić information content (AvgIpc) is 2.29. The van der Waals surface area contributed by atoms with Gasteiger partial charge in [0.05, 0.1) is 25.1 Å². The molecule has 0 fully saturated rings. The first-order valence-electron chi connectivity index (χ1n) is 4.49. The van der Waals surface area contributed by atoms with Crippen LogP contribution in [0.25, 0.3) is 11.3 Å². The van der Waals surface area contributed by atoms with E-state index in [2.05, 4.69) is 20.9 Å². The Hall–Kier alpha value is -1.62. The van der Waals surface area contributed by atoms with Gasteiger partial charge in [0.1, 0.15) is 16.1 Å². The molecule has 2 rings (SSSR count). The van der Waals surface area contributed by atoms with Crippen molar-refractivity contribution in [3.8, 4) is 17.1 Å². The first-order valence-corrected chi connectivity index (χ1v) is 5.29. The molecule has 0 bridgehead atoms. The molecule has 0 aliphatic rings. The first kappa shape index (κ1) is 10.9. The molecule has 0 radical (unpaired) electrons. The summed E-state index contributed by atoms with van der Waals surface area (Å²) in [5.74, 6) is 1.00. The van der Waals surface area contributed by atoms with E-state index >= 15 is 0 Å². The van der Waals surface area contributed by atoms with Crippen LogP contribution in [-0.4, -0.2) is 12.1 Å². The van der Waals surface area contributed by atoms with E-state index in [4.69, 9.17) is 9.15 Å². The lowest BCUT2D eigenvalue weighted by Gasteiger charge is -2.06. The molecule has 0 atom stereocenters. The van der Waals surface area contributed by atoms with Gasteiger partial charge in [-0.2, -0.15) is 0 Å². The van der Waals surface area contributed by atoms with Crippen LogP contribution in [0, 0.1) is 0 Å². The van der Waals surface area contributed by atoms with Crippen molar-refractivity contribution in [3.05, 3.63) is 45.5 Å². The zero-order valence-electron chi connectivity index (χ0n) is 8.44. The van der Waals surface area contributed by atoms with E-state index in [1.165, 1.54) is 25.5 Å². The number of methoxy groups -OCH3 is 1. The predicted molar refractivity (Wildman–Crippen MR) is 62.5 cm³/mol. The van der Waals surface area contributed by atoms with Gasteiger partial charge in [0.15, 0.2) is 5.43 Å². The topological polar surface area (TPSA) is 52.3 Å². The van der Waals surface area contributed by atoms with Gasteiger partial charge in [-0.1, -0.05) is 0 Å². The second-order valence-corrected chi connectivity index (χ2v) is 3.85. The molecule has 2 aromatic rings. The van der Waals surface area contributed by atoms with Crippen LogP contribution in [-0.2, 0) is 0 Å². The Bertz CT molecular complexity index is 565. The van der Waals surface area contributed by atoms with Crippen LogP contribution in [0.15, 0.2) is 44.5 Å². The summed E-state index contributed by atoms with van der Waals surface area (Å²) in [7, 11) is 1.54. The van der Waals surface area contributed by atoms with Crippen molar-refractivity contribution < 1.29 is 9.15 Å². The molecule has 2 aromatic heterocycles. The highest BCUT2D eigenvalue weighted by Gasteiger charge is 2.09. The fraction of sp³-hybridized carbons (Fsp3) is 0.0909. The number of halogens is 1. The second kappa shape index (κ2) is 4.49. The summed E-state index contributed by atoms with van der Waals surface area (Å²) in [6.07, 6.45) is 2.91. The summed E-state index contributed by atoms with van der Waals surface area (Å²) in [6, 6.07) is 4.49. The van der Waals surface area contributed by atoms with Gasteiger partial charge in [-0.15, -0.1) is 0 Å². The SMILES string of the molecule is COc1cnc(Br)cc1-c1cc(=O)cco1. The van der Waals surface area contributed by atoms with Crippen LogP contribution in [0.2, 0.25) is 0 Å². The zero-order valence-corrected chi connectivity index (χ0v) is 10.0. The number of hydrogen-bond acceptors (Lipinski definition) is 4. The average molecular weight is 282 g/mol. The van der Waals surface area contributed by atoms with E-state index in [0.717, 1.165) is 0 Å². The predicted octanol–water partition coefficient (Wildman–Crippen LogP) is 2.47. The minimum atomic E-state index is -0.115. The number of pyridine rings is 1. The molecule has 0 aliphatic carbocycles. The smallest absolute Gasteiger partial charge is 0.185 e. The Morgan fingerprint density at radius 1 is 1.44 bits per heavy atom. The Balaban J connectivity index is 2.62. The zero-order chi connectivity index (χ0) is 11.5. The van der Waals surface area contributed by atoms with Crippen molar-refractivity contribution in [2.45, 2.75) is 0 Å². The van der Waals surface area contributed by atoms with Crippen LogP contribution in [0.3, 0.4) is 0 Å². The number of hydrogen-bond donors (Lipinski definition) is 0. The molecule has 0 saturated heterocycles. The minimum Gasteiger partial charge on any atom is -0.494 e. The third-order valence-electron chi connectivity index (χ3n) is 2.02. The summed E-state index contributed by atoms with van der Waals surface area (Å²) in [4.78, 5) is 15.3. The summed E-state index contributed by atoms with van der Waals surface area (Å²) < 4.78 is 11.1. The van der Waals surface area contributed by atoms with Gasteiger partial charge in [-0.05, 0) is 22.0 Å². The molecular weight excluding hydrogens is 274 g/mol. The number of ether oxygens (including phenoxy) is 1. The van der Waals surface area contributed by atoms with Crippen LogP contribution in [0.4, 0.5) is 0 Å². The van der Waals surface area contributed by atoms with E-state index in [9.17, 15) is 4.79 Å². The summed E-state index contributed by atoms with van der Waals surface area (Å²) in [5.41, 5.74) is 0.568. The van der Waals surface area contributed by atoms with Crippen LogP contribution >= 0.6 is 15.9 Å². The Morgan fingerprint density at radius 3 is 2.94 bits per heavy atom. The van der Waals surface area contributed by atoms with Gasteiger partial charge < -0.3 is 9.15 Å². The maximum Gasteiger partial charge on any atom is 0.185 e. The van der Waals surface area contributed by atoms with E-state index in [0.29, 0.717) is 21.7 Å². The largest absolute Gasteiger partial charge is 0.494 e. The Kier molecular flexibility index (Phi) is 3.05. The van der Waals surface area contributed by atoms with Crippen molar-refractivity contribution in [2.75, 3.05) is 7.11 Å². The maximum atomic E-state index is 11.2. The third-order valence-corrected chi connectivity index (χ3v) is 2.45. The molecule has 0 unspecified atom stereocenters.